The van der Waals surface area contributed by atoms with Crippen molar-refractivity contribution in [3.8, 4) is 0 Å². The highest BCUT2D eigenvalue weighted by molar-refractivity contribution is 5.95. The van der Waals surface area contributed by atoms with Crippen LogP contribution in [-0.2, 0) is 13.0 Å². The van der Waals surface area contributed by atoms with E-state index in [0.29, 0.717) is 19.1 Å². The van der Waals surface area contributed by atoms with Crippen molar-refractivity contribution in [3.63, 3.8) is 0 Å². The quantitative estimate of drug-likeness (QED) is 0.738. The fraction of sp³-hybridized carbons (Fsp3) is 0.481. The van der Waals surface area contributed by atoms with E-state index in [1.165, 1.54) is 31.5 Å². The van der Waals surface area contributed by atoms with Crippen molar-refractivity contribution >= 4 is 11.8 Å². The molecule has 5 nitrogen and oxygen atoms in total. The van der Waals surface area contributed by atoms with E-state index in [-0.39, 0.29) is 11.8 Å². The van der Waals surface area contributed by atoms with Gasteiger partial charge in [0.2, 0.25) is 0 Å². The van der Waals surface area contributed by atoms with Crippen LogP contribution in [0.5, 0.6) is 0 Å². The standard InChI is InChI=1S/C27H33N3O2/c1-20-6-8-21(9-7-20)26(31)29-16-12-22-17-23(10-11-24(22)18-29)27(32)30-15-4-5-25(30)19-28-13-2-3-14-28/h6-11,17,25H,2-5,12-16,18-19H2,1H3. The molecule has 3 heterocycles. The second-order valence-corrected chi connectivity index (χ2v) is 9.63. The van der Waals surface area contributed by atoms with Gasteiger partial charge in [-0.25, -0.2) is 0 Å². The summed E-state index contributed by atoms with van der Waals surface area (Å²) < 4.78 is 0. The molecular formula is C27H33N3O2. The molecule has 3 aliphatic heterocycles. The Balaban J connectivity index is 1.27. The maximum atomic E-state index is 13.3. The van der Waals surface area contributed by atoms with E-state index in [0.717, 1.165) is 54.6 Å². The second kappa shape index (κ2) is 9.07. The van der Waals surface area contributed by atoms with Gasteiger partial charge in [0.1, 0.15) is 0 Å². The summed E-state index contributed by atoms with van der Waals surface area (Å²) in [7, 11) is 0. The maximum absolute atomic E-state index is 13.3. The van der Waals surface area contributed by atoms with E-state index in [1.807, 2.05) is 42.2 Å². The molecule has 2 aromatic rings. The largest absolute Gasteiger partial charge is 0.334 e. The number of nitrogens with zero attached hydrogens (tertiary/aromatic N) is 3. The Morgan fingerprint density at radius 3 is 2.38 bits per heavy atom. The third kappa shape index (κ3) is 4.31. The van der Waals surface area contributed by atoms with Gasteiger partial charge in [-0.05, 0) is 87.5 Å². The van der Waals surface area contributed by atoms with Crippen LogP contribution in [0.2, 0.25) is 0 Å². The molecule has 0 N–H and O–H groups in total. The van der Waals surface area contributed by atoms with Crippen LogP contribution in [0.3, 0.4) is 0 Å². The Kier molecular flexibility index (Phi) is 6.01. The first-order chi connectivity index (χ1) is 15.6. The Morgan fingerprint density at radius 2 is 1.59 bits per heavy atom. The minimum absolute atomic E-state index is 0.0811. The molecule has 5 heteroatoms. The molecule has 2 fully saturated rings. The van der Waals surface area contributed by atoms with Gasteiger partial charge in [-0.1, -0.05) is 23.8 Å². The molecular weight excluding hydrogens is 398 g/mol. The first-order valence-corrected chi connectivity index (χ1v) is 12.1. The average Bonchev–Trinajstić information content (AvgIpc) is 3.50. The summed E-state index contributed by atoms with van der Waals surface area (Å²) in [5.74, 6) is 0.255. The van der Waals surface area contributed by atoms with Crippen molar-refractivity contribution in [1.82, 2.24) is 14.7 Å². The van der Waals surface area contributed by atoms with Crippen LogP contribution in [0.4, 0.5) is 0 Å². The molecule has 32 heavy (non-hydrogen) atoms. The zero-order valence-corrected chi connectivity index (χ0v) is 19.1. The Bertz CT molecular complexity index is 994. The predicted octanol–water partition coefficient (Wildman–Crippen LogP) is 3.89. The smallest absolute Gasteiger partial charge is 0.254 e. The van der Waals surface area contributed by atoms with Crippen LogP contribution in [0.25, 0.3) is 0 Å². The molecule has 0 bridgehead atoms. The number of hydrogen-bond donors (Lipinski definition) is 0. The number of hydrogen-bond acceptors (Lipinski definition) is 3. The van der Waals surface area contributed by atoms with Gasteiger partial charge in [-0.15, -0.1) is 0 Å². The number of aryl methyl sites for hydroxylation is 1. The number of fused-ring (bicyclic) bond motifs is 1. The first-order valence-electron chi connectivity index (χ1n) is 12.1. The van der Waals surface area contributed by atoms with Gasteiger partial charge in [0.25, 0.3) is 11.8 Å². The van der Waals surface area contributed by atoms with Gasteiger partial charge in [0.15, 0.2) is 0 Å². The van der Waals surface area contributed by atoms with E-state index in [2.05, 4.69) is 21.9 Å². The van der Waals surface area contributed by atoms with Gasteiger partial charge < -0.3 is 14.7 Å². The van der Waals surface area contributed by atoms with E-state index in [4.69, 9.17) is 0 Å². The molecule has 168 valence electrons. The summed E-state index contributed by atoms with van der Waals surface area (Å²) in [6, 6.07) is 14.2. The Morgan fingerprint density at radius 1 is 0.844 bits per heavy atom. The summed E-state index contributed by atoms with van der Waals surface area (Å²) in [6.45, 7) is 7.57. The monoisotopic (exact) mass is 431 g/mol. The van der Waals surface area contributed by atoms with E-state index in [1.54, 1.807) is 0 Å². The maximum Gasteiger partial charge on any atom is 0.254 e. The SMILES string of the molecule is Cc1ccc(C(=O)N2CCc3cc(C(=O)N4CCCC4CN4CCCC4)ccc3C2)cc1. The molecule has 2 aromatic carbocycles. The van der Waals surface area contributed by atoms with Crippen molar-refractivity contribution < 1.29 is 9.59 Å². The normalized spacial score (nSPS) is 21.1. The molecule has 3 aliphatic rings. The second-order valence-electron chi connectivity index (χ2n) is 9.63. The lowest BCUT2D eigenvalue weighted by molar-refractivity contribution is 0.0703. The predicted molar refractivity (Wildman–Crippen MR) is 126 cm³/mol. The molecule has 0 aliphatic carbocycles. The van der Waals surface area contributed by atoms with E-state index < -0.39 is 0 Å². The van der Waals surface area contributed by atoms with Crippen LogP contribution in [0.15, 0.2) is 42.5 Å². The molecule has 0 saturated carbocycles. The highest BCUT2D eigenvalue weighted by Crippen LogP contribution is 2.26. The summed E-state index contributed by atoms with van der Waals surface area (Å²) in [5, 5.41) is 0. The van der Waals surface area contributed by atoms with Gasteiger partial charge in [0.05, 0.1) is 0 Å². The molecule has 0 radical (unpaired) electrons. The van der Waals surface area contributed by atoms with Crippen molar-refractivity contribution in [2.24, 2.45) is 0 Å². The summed E-state index contributed by atoms with van der Waals surface area (Å²) in [4.78, 5) is 32.8. The van der Waals surface area contributed by atoms with Crippen molar-refractivity contribution in [2.75, 3.05) is 32.7 Å². The van der Waals surface area contributed by atoms with Gasteiger partial charge in [0, 0.05) is 43.3 Å². The lowest BCUT2D eigenvalue weighted by Crippen LogP contribution is -2.42. The molecule has 1 unspecified atom stereocenters. The number of likely N-dealkylation sites (tertiary alicyclic amines) is 2. The highest BCUT2D eigenvalue weighted by Gasteiger charge is 2.32. The minimum Gasteiger partial charge on any atom is -0.334 e. The Labute approximate surface area is 191 Å². The third-order valence-corrected chi connectivity index (χ3v) is 7.36. The van der Waals surface area contributed by atoms with Crippen molar-refractivity contribution in [3.05, 3.63) is 70.3 Å². The number of amides is 2. The Hall–Kier alpha value is -2.66. The molecule has 2 amide bonds. The number of benzene rings is 2. The summed E-state index contributed by atoms with van der Waals surface area (Å²) in [5.41, 5.74) is 5.06. The van der Waals surface area contributed by atoms with Crippen LogP contribution < -0.4 is 0 Å². The minimum atomic E-state index is 0.0811. The summed E-state index contributed by atoms with van der Waals surface area (Å²) in [6.07, 6.45) is 5.59. The lowest BCUT2D eigenvalue weighted by atomic mass is 9.96. The molecule has 0 spiro atoms. The van der Waals surface area contributed by atoms with Gasteiger partial charge in [-0.3, -0.25) is 9.59 Å². The number of carbonyl (C=O) groups is 2. The molecule has 2 saturated heterocycles. The first kappa shape index (κ1) is 21.2. The molecule has 1 atom stereocenters. The van der Waals surface area contributed by atoms with E-state index >= 15 is 0 Å². The molecule has 0 aromatic heterocycles. The zero-order valence-electron chi connectivity index (χ0n) is 19.1. The summed E-state index contributed by atoms with van der Waals surface area (Å²) >= 11 is 0. The van der Waals surface area contributed by atoms with Crippen LogP contribution in [-0.4, -0.2) is 65.3 Å². The number of rotatable bonds is 4. The molecule has 5 rings (SSSR count). The fourth-order valence-corrected chi connectivity index (χ4v) is 5.46. The lowest BCUT2D eigenvalue weighted by Gasteiger charge is -2.31. The van der Waals surface area contributed by atoms with Crippen molar-refractivity contribution in [1.29, 1.82) is 0 Å². The van der Waals surface area contributed by atoms with Gasteiger partial charge >= 0.3 is 0 Å². The zero-order chi connectivity index (χ0) is 22.1. The van der Waals surface area contributed by atoms with Crippen LogP contribution in [0, 0.1) is 6.92 Å². The third-order valence-electron chi connectivity index (χ3n) is 7.36. The van der Waals surface area contributed by atoms with Gasteiger partial charge in [-0.2, -0.15) is 0 Å². The fourth-order valence-electron chi connectivity index (χ4n) is 5.46. The topological polar surface area (TPSA) is 43.9 Å². The number of carbonyl (C=O) groups excluding carboxylic acids is 2. The van der Waals surface area contributed by atoms with Crippen molar-refractivity contribution in [2.45, 2.75) is 51.6 Å². The van der Waals surface area contributed by atoms with E-state index in [9.17, 15) is 9.59 Å². The van der Waals surface area contributed by atoms with Crippen LogP contribution in [0.1, 0.15) is 63.1 Å². The average molecular weight is 432 g/mol. The van der Waals surface area contributed by atoms with Crippen LogP contribution >= 0.6 is 0 Å². The highest BCUT2D eigenvalue weighted by atomic mass is 16.2.